The highest BCUT2D eigenvalue weighted by Gasteiger charge is 2.23. The summed E-state index contributed by atoms with van der Waals surface area (Å²) in [5, 5.41) is 22.6. The van der Waals surface area contributed by atoms with Crippen molar-refractivity contribution in [3.05, 3.63) is 33.3 Å². The lowest BCUT2D eigenvalue weighted by atomic mass is 10.2. The van der Waals surface area contributed by atoms with E-state index >= 15 is 0 Å². The minimum absolute atomic E-state index is 0.0226. The van der Waals surface area contributed by atoms with E-state index in [9.17, 15) is 10.1 Å². The first kappa shape index (κ1) is 14.0. The molecule has 2 heterocycles. The molecule has 0 aliphatic rings. The topological polar surface area (TPSA) is 90.8 Å². The molecule has 0 bridgehead atoms. The van der Waals surface area contributed by atoms with Crippen molar-refractivity contribution in [2.45, 2.75) is 26.8 Å². The van der Waals surface area contributed by atoms with Gasteiger partial charge < -0.3 is 5.32 Å². The van der Waals surface area contributed by atoms with Crippen LogP contribution in [0.5, 0.6) is 0 Å². The molecule has 0 unspecified atom stereocenters. The van der Waals surface area contributed by atoms with Gasteiger partial charge >= 0.3 is 5.69 Å². The quantitative estimate of drug-likeness (QED) is 0.661. The molecule has 0 saturated heterocycles. The Morgan fingerprint density at radius 1 is 1.40 bits per heavy atom. The molecule has 0 fully saturated rings. The van der Waals surface area contributed by atoms with Crippen LogP contribution in [0.2, 0.25) is 0 Å². The van der Waals surface area contributed by atoms with Gasteiger partial charge in [0.15, 0.2) is 0 Å². The summed E-state index contributed by atoms with van der Waals surface area (Å²) >= 11 is 0. The molecule has 0 atom stereocenters. The smallest absolute Gasteiger partial charge is 0.333 e. The van der Waals surface area contributed by atoms with Crippen LogP contribution >= 0.6 is 0 Å². The highest BCUT2D eigenvalue weighted by atomic mass is 16.6. The van der Waals surface area contributed by atoms with Gasteiger partial charge in [-0.15, -0.1) is 0 Å². The number of hydrogen-bond acceptors (Lipinski definition) is 5. The molecule has 1 N–H and O–H groups in total. The fourth-order valence-corrected chi connectivity index (χ4v) is 2.27. The van der Waals surface area contributed by atoms with Gasteiger partial charge in [-0.05, 0) is 13.3 Å². The Morgan fingerprint density at radius 3 is 2.70 bits per heavy atom. The van der Waals surface area contributed by atoms with E-state index in [2.05, 4.69) is 15.5 Å². The minimum atomic E-state index is -0.408. The standard InChI is InChI=1S/C12H18N6O2/c1-5-10-9(7-16(3)15-10)6-13-12-11(18(19)20)8(2)14-17(12)4/h7,13H,5-6H2,1-4H3. The van der Waals surface area contributed by atoms with E-state index in [1.807, 2.05) is 20.2 Å². The van der Waals surface area contributed by atoms with E-state index in [0.29, 0.717) is 18.1 Å². The predicted molar refractivity (Wildman–Crippen MR) is 74.5 cm³/mol. The fourth-order valence-electron chi connectivity index (χ4n) is 2.27. The molecule has 0 saturated carbocycles. The maximum atomic E-state index is 11.1. The Kier molecular flexibility index (Phi) is 3.73. The van der Waals surface area contributed by atoms with Crippen molar-refractivity contribution in [3.63, 3.8) is 0 Å². The number of aryl methyl sites for hydroxylation is 4. The number of rotatable bonds is 5. The van der Waals surface area contributed by atoms with Gasteiger partial charge in [0.1, 0.15) is 5.69 Å². The van der Waals surface area contributed by atoms with Crippen molar-refractivity contribution >= 4 is 11.5 Å². The van der Waals surface area contributed by atoms with Gasteiger partial charge in [0.2, 0.25) is 5.82 Å². The monoisotopic (exact) mass is 278 g/mol. The van der Waals surface area contributed by atoms with Gasteiger partial charge in [-0.25, -0.2) is 4.68 Å². The summed E-state index contributed by atoms with van der Waals surface area (Å²) in [7, 11) is 3.55. The maximum absolute atomic E-state index is 11.1. The molecule has 20 heavy (non-hydrogen) atoms. The summed E-state index contributed by atoms with van der Waals surface area (Å²) in [6.07, 6.45) is 2.74. The second-order valence-electron chi connectivity index (χ2n) is 4.65. The van der Waals surface area contributed by atoms with Crippen molar-refractivity contribution in [3.8, 4) is 0 Å². The third kappa shape index (κ3) is 2.49. The summed E-state index contributed by atoms with van der Waals surface area (Å²) in [4.78, 5) is 10.7. The first-order valence-corrected chi connectivity index (χ1v) is 6.37. The van der Waals surface area contributed by atoms with E-state index < -0.39 is 4.92 Å². The largest absolute Gasteiger partial charge is 0.360 e. The number of nitrogens with zero attached hydrogens (tertiary/aromatic N) is 5. The van der Waals surface area contributed by atoms with Crippen LogP contribution in [0.4, 0.5) is 11.5 Å². The predicted octanol–water partition coefficient (Wildman–Crippen LogP) is 1.54. The molecule has 2 aromatic heterocycles. The number of anilines is 1. The number of nitrogens with one attached hydrogen (secondary N) is 1. The Labute approximate surface area is 116 Å². The summed E-state index contributed by atoms with van der Waals surface area (Å²) in [5.41, 5.74) is 2.45. The highest BCUT2D eigenvalue weighted by Crippen LogP contribution is 2.27. The van der Waals surface area contributed by atoms with E-state index in [0.717, 1.165) is 17.7 Å². The Balaban J connectivity index is 2.25. The summed E-state index contributed by atoms with van der Waals surface area (Å²) < 4.78 is 3.24. The molecule has 2 rings (SSSR count). The van der Waals surface area contributed by atoms with Crippen LogP contribution in [0.1, 0.15) is 23.9 Å². The van der Waals surface area contributed by atoms with Crippen molar-refractivity contribution in [2.75, 3.05) is 5.32 Å². The van der Waals surface area contributed by atoms with Crippen molar-refractivity contribution in [2.24, 2.45) is 14.1 Å². The van der Waals surface area contributed by atoms with Gasteiger partial charge in [0.25, 0.3) is 0 Å². The molecule has 0 spiro atoms. The molecule has 8 nitrogen and oxygen atoms in total. The van der Waals surface area contributed by atoms with Crippen LogP contribution in [0.3, 0.4) is 0 Å². The van der Waals surface area contributed by atoms with E-state index in [1.165, 1.54) is 4.68 Å². The average molecular weight is 278 g/mol. The molecule has 0 radical (unpaired) electrons. The summed E-state index contributed by atoms with van der Waals surface area (Å²) in [6.45, 7) is 4.14. The molecule has 0 aliphatic carbocycles. The molecular weight excluding hydrogens is 260 g/mol. The lowest BCUT2D eigenvalue weighted by Gasteiger charge is -2.05. The zero-order chi connectivity index (χ0) is 14.9. The van der Waals surface area contributed by atoms with E-state index in [1.54, 1.807) is 18.7 Å². The van der Waals surface area contributed by atoms with Crippen LogP contribution in [-0.4, -0.2) is 24.5 Å². The lowest BCUT2D eigenvalue weighted by molar-refractivity contribution is -0.384. The average Bonchev–Trinajstić information content (AvgIpc) is 2.86. The number of nitro groups is 1. The van der Waals surface area contributed by atoms with E-state index in [4.69, 9.17) is 0 Å². The van der Waals surface area contributed by atoms with Gasteiger partial charge in [-0.2, -0.15) is 10.2 Å². The first-order valence-electron chi connectivity index (χ1n) is 6.37. The second kappa shape index (κ2) is 5.32. The maximum Gasteiger partial charge on any atom is 0.333 e. The fraction of sp³-hybridized carbons (Fsp3) is 0.500. The zero-order valence-electron chi connectivity index (χ0n) is 12.0. The molecule has 0 amide bonds. The van der Waals surface area contributed by atoms with E-state index in [-0.39, 0.29) is 5.69 Å². The molecule has 0 aliphatic heterocycles. The number of aromatic nitrogens is 4. The summed E-state index contributed by atoms with van der Waals surface area (Å²) in [5.74, 6) is 0.415. The number of hydrogen-bond donors (Lipinski definition) is 1. The van der Waals surface area contributed by atoms with Crippen LogP contribution in [0.25, 0.3) is 0 Å². The first-order chi connectivity index (χ1) is 9.43. The molecule has 8 heteroatoms. The second-order valence-corrected chi connectivity index (χ2v) is 4.65. The zero-order valence-corrected chi connectivity index (χ0v) is 12.0. The Morgan fingerprint density at radius 2 is 2.10 bits per heavy atom. The van der Waals surface area contributed by atoms with Crippen LogP contribution in [-0.2, 0) is 27.1 Å². The van der Waals surface area contributed by atoms with Gasteiger partial charge in [-0.1, -0.05) is 6.92 Å². The lowest BCUT2D eigenvalue weighted by Crippen LogP contribution is -2.07. The van der Waals surface area contributed by atoms with Crippen molar-refractivity contribution in [1.82, 2.24) is 19.6 Å². The van der Waals surface area contributed by atoms with Crippen LogP contribution < -0.4 is 5.32 Å². The third-order valence-electron chi connectivity index (χ3n) is 3.15. The Hall–Kier alpha value is -2.38. The van der Waals surface area contributed by atoms with Crippen molar-refractivity contribution < 1.29 is 4.92 Å². The van der Waals surface area contributed by atoms with Gasteiger partial charge in [-0.3, -0.25) is 14.8 Å². The van der Waals surface area contributed by atoms with Gasteiger partial charge in [0, 0.05) is 32.4 Å². The SMILES string of the molecule is CCc1nn(C)cc1CNc1c([N+](=O)[O-])c(C)nn1C. The molecule has 2 aromatic rings. The molecule has 0 aromatic carbocycles. The molecular formula is C12H18N6O2. The van der Waals surface area contributed by atoms with Crippen LogP contribution in [0, 0.1) is 17.0 Å². The normalized spacial score (nSPS) is 10.8. The minimum Gasteiger partial charge on any atom is -0.360 e. The van der Waals surface area contributed by atoms with Crippen LogP contribution in [0.15, 0.2) is 6.20 Å². The van der Waals surface area contributed by atoms with Gasteiger partial charge in [0.05, 0.1) is 10.6 Å². The highest BCUT2D eigenvalue weighted by molar-refractivity contribution is 5.59. The third-order valence-corrected chi connectivity index (χ3v) is 3.15. The van der Waals surface area contributed by atoms with Crippen molar-refractivity contribution in [1.29, 1.82) is 0 Å². The Bertz CT molecular complexity index is 643. The molecule has 108 valence electrons. The summed E-state index contributed by atoms with van der Waals surface area (Å²) in [6, 6.07) is 0.